The normalized spacial score (nSPS) is 11.8. The van der Waals surface area contributed by atoms with E-state index in [0.717, 1.165) is 64.2 Å². The molecule has 0 saturated heterocycles. The Hall–Kier alpha value is -1.59. The maximum absolute atomic E-state index is 12.5. The van der Waals surface area contributed by atoms with Crippen molar-refractivity contribution in [2.75, 3.05) is 13.2 Å². The first kappa shape index (κ1) is 46.4. The number of rotatable bonds is 38. The topological polar surface area (TPSA) is 78.9 Å². The van der Waals surface area contributed by atoms with Crippen molar-refractivity contribution in [2.24, 2.45) is 0 Å². The maximum atomic E-state index is 12.5. The van der Waals surface area contributed by atoms with Crippen molar-refractivity contribution in [3.05, 3.63) is 0 Å². The number of ether oxygens (including phenoxy) is 3. The van der Waals surface area contributed by atoms with Crippen LogP contribution in [0.3, 0.4) is 0 Å². The Morgan fingerprint density at radius 3 is 0.833 bits per heavy atom. The first-order valence-corrected chi connectivity index (χ1v) is 21.0. The molecule has 1 atom stereocenters. The van der Waals surface area contributed by atoms with Gasteiger partial charge in [-0.3, -0.25) is 14.4 Å². The largest absolute Gasteiger partial charge is 0.462 e. The van der Waals surface area contributed by atoms with Crippen LogP contribution in [0.25, 0.3) is 0 Å². The van der Waals surface area contributed by atoms with Gasteiger partial charge in [0, 0.05) is 19.3 Å². The van der Waals surface area contributed by atoms with Crippen molar-refractivity contribution < 1.29 is 28.6 Å². The molecule has 0 spiro atoms. The van der Waals surface area contributed by atoms with Gasteiger partial charge in [-0.05, 0) is 19.3 Å². The standard InChI is InChI=1S/C42H80O6/c1-4-7-10-13-15-17-19-20-21-22-23-25-27-30-32-35-41(44)47-38-39(48-42(45)36-33-28-12-9-6-3)37-46-40(43)34-31-29-26-24-18-16-14-11-8-5-2/h39H,4-38H2,1-3H3/t39-/m1/s1. The van der Waals surface area contributed by atoms with Gasteiger partial charge < -0.3 is 14.2 Å². The Bertz CT molecular complexity index is 708. The van der Waals surface area contributed by atoms with E-state index in [0.29, 0.717) is 19.3 Å². The number of carbonyl (C=O) groups excluding carboxylic acids is 3. The quantitative estimate of drug-likeness (QED) is 0.0367. The number of hydrogen-bond acceptors (Lipinski definition) is 6. The van der Waals surface area contributed by atoms with E-state index < -0.39 is 6.10 Å². The molecule has 0 rings (SSSR count). The summed E-state index contributed by atoms with van der Waals surface area (Å²) in [7, 11) is 0. The summed E-state index contributed by atoms with van der Waals surface area (Å²) >= 11 is 0. The first-order chi connectivity index (χ1) is 23.5. The third kappa shape index (κ3) is 35.7. The van der Waals surface area contributed by atoms with Crippen LogP contribution in [0.1, 0.15) is 233 Å². The summed E-state index contributed by atoms with van der Waals surface area (Å²) in [6, 6.07) is 0. The number of carbonyl (C=O) groups is 3. The minimum Gasteiger partial charge on any atom is -0.462 e. The zero-order chi connectivity index (χ0) is 35.2. The van der Waals surface area contributed by atoms with E-state index in [4.69, 9.17) is 14.2 Å². The highest BCUT2D eigenvalue weighted by Gasteiger charge is 2.19. The summed E-state index contributed by atoms with van der Waals surface area (Å²) in [5, 5.41) is 0. The molecule has 0 aromatic heterocycles. The van der Waals surface area contributed by atoms with Crippen molar-refractivity contribution in [1.29, 1.82) is 0 Å². The summed E-state index contributed by atoms with van der Waals surface area (Å²) in [4.78, 5) is 37.3. The van der Waals surface area contributed by atoms with Crippen LogP contribution >= 0.6 is 0 Å². The van der Waals surface area contributed by atoms with E-state index in [1.807, 2.05) is 0 Å². The molecule has 0 aliphatic heterocycles. The molecule has 0 N–H and O–H groups in total. The van der Waals surface area contributed by atoms with Crippen LogP contribution < -0.4 is 0 Å². The first-order valence-electron chi connectivity index (χ1n) is 21.0. The zero-order valence-electron chi connectivity index (χ0n) is 32.3. The SMILES string of the molecule is CCCCCCCCCCCCCCCCCC(=O)OC[C@@H](COC(=O)CCCCCCCCCCCC)OC(=O)CCCCCCC. The summed E-state index contributed by atoms with van der Waals surface area (Å²) in [5.74, 6) is -0.873. The molecule has 6 nitrogen and oxygen atoms in total. The second-order valence-electron chi connectivity index (χ2n) is 14.3. The lowest BCUT2D eigenvalue weighted by atomic mass is 10.0. The Kier molecular flexibility index (Phi) is 36.9. The fourth-order valence-corrected chi connectivity index (χ4v) is 6.15. The van der Waals surface area contributed by atoms with Gasteiger partial charge in [0.2, 0.25) is 0 Å². The van der Waals surface area contributed by atoms with E-state index in [1.165, 1.54) is 128 Å². The molecular formula is C42H80O6. The van der Waals surface area contributed by atoms with E-state index in [-0.39, 0.29) is 31.1 Å². The summed E-state index contributed by atoms with van der Waals surface area (Å²) in [6.45, 7) is 6.55. The van der Waals surface area contributed by atoms with E-state index in [9.17, 15) is 14.4 Å². The van der Waals surface area contributed by atoms with Gasteiger partial charge in [0.05, 0.1) is 0 Å². The van der Waals surface area contributed by atoms with Crippen molar-refractivity contribution in [1.82, 2.24) is 0 Å². The molecule has 0 heterocycles. The lowest BCUT2D eigenvalue weighted by Crippen LogP contribution is -2.30. The van der Waals surface area contributed by atoms with Gasteiger partial charge in [-0.1, -0.05) is 194 Å². The maximum Gasteiger partial charge on any atom is 0.306 e. The molecule has 0 amide bonds. The molecule has 0 saturated carbocycles. The fourth-order valence-electron chi connectivity index (χ4n) is 6.15. The Balaban J connectivity index is 4.15. The predicted octanol–water partition coefficient (Wildman–Crippen LogP) is 12.9. The highest BCUT2D eigenvalue weighted by atomic mass is 16.6. The van der Waals surface area contributed by atoms with Gasteiger partial charge in [-0.15, -0.1) is 0 Å². The van der Waals surface area contributed by atoms with E-state index >= 15 is 0 Å². The number of hydrogen-bond donors (Lipinski definition) is 0. The molecule has 0 aliphatic rings. The van der Waals surface area contributed by atoms with Crippen LogP contribution in [0.15, 0.2) is 0 Å². The highest BCUT2D eigenvalue weighted by molar-refractivity contribution is 5.71. The van der Waals surface area contributed by atoms with Gasteiger partial charge in [-0.2, -0.15) is 0 Å². The summed E-state index contributed by atoms with van der Waals surface area (Å²) < 4.78 is 16.5. The van der Waals surface area contributed by atoms with Crippen molar-refractivity contribution >= 4 is 17.9 Å². The van der Waals surface area contributed by atoms with Gasteiger partial charge >= 0.3 is 17.9 Å². The molecule has 0 aromatic carbocycles. The number of esters is 3. The van der Waals surface area contributed by atoms with Crippen molar-refractivity contribution in [3.8, 4) is 0 Å². The molecule has 0 aromatic rings. The van der Waals surface area contributed by atoms with Crippen LogP contribution in [0.5, 0.6) is 0 Å². The monoisotopic (exact) mass is 681 g/mol. The molecule has 48 heavy (non-hydrogen) atoms. The van der Waals surface area contributed by atoms with Gasteiger partial charge in [0.15, 0.2) is 6.10 Å². The highest BCUT2D eigenvalue weighted by Crippen LogP contribution is 2.15. The Morgan fingerprint density at radius 1 is 0.333 bits per heavy atom. The van der Waals surface area contributed by atoms with E-state index in [2.05, 4.69) is 20.8 Å². The molecule has 6 heteroatoms. The Morgan fingerprint density at radius 2 is 0.562 bits per heavy atom. The molecule has 0 unspecified atom stereocenters. The van der Waals surface area contributed by atoms with E-state index in [1.54, 1.807) is 0 Å². The second kappa shape index (κ2) is 38.2. The van der Waals surface area contributed by atoms with Crippen molar-refractivity contribution in [2.45, 2.75) is 239 Å². The third-order valence-electron chi connectivity index (χ3n) is 9.36. The molecule has 0 aliphatic carbocycles. The third-order valence-corrected chi connectivity index (χ3v) is 9.36. The lowest BCUT2D eigenvalue weighted by molar-refractivity contribution is -0.167. The van der Waals surface area contributed by atoms with Crippen LogP contribution in [0.4, 0.5) is 0 Å². The van der Waals surface area contributed by atoms with Crippen LogP contribution in [-0.2, 0) is 28.6 Å². The van der Waals surface area contributed by atoms with Crippen molar-refractivity contribution in [3.63, 3.8) is 0 Å². The average molecular weight is 681 g/mol. The fraction of sp³-hybridized carbons (Fsp3) is 0.929. The molecule has 0 bridgehead atoms. The predicted molar refractivity (Wildman–Crippen MR) is 201 cm³/mol. The smallest absolute Gasteiger partial charge is 0.306 e. The van der Waals surface area contributed by atoms with Crippen LogP contribution in [-0.4, -0.2) is 37.2 Å². The molecule has 0 radical (unpaired) electrons. The average Bonchev–Trinajstić information content (AvgIpc) is 3.08. The van der Waals surface area contributed by atoms with Crippen LogP contribution in [0.2, 0.25) is 0 Å². The molecule has 284 valence electrons. The zero-order valence-corrected chi connectivity index (χ0v) is 32.3. The molecular weight excluding hydrogens is 600 g/mol. The summed E-state index contributed by atoms with van der Waals surface area (Å²) in [6.07, 6.45) is 36.9. The molecule has 0 fully saturated rings. The van der Waals surface area contributed by atoms with Gasteiger partial charge in [0.1, 0.15) is 13.2 Å². The minimum atomic E-state index is -0.755. The number of unbranched alkanes of at least 4 members (excludes halogenated alkanes) is 27. The van der Waals surface area contributed by atoms with Gasteiger partial charge in [-0.25, -0.2) is 0 Å². The lowest BCUT2D eigenvalue weighted by Gasteiger charge is -2.18. The second-order valence-corrected chi connectivity index (χ2v) is 14.3. The minimum absolute atomic E-state index is 0.0648. The Labute approximate surface area is 298 Å². The van der Waals surface area contributed by atoms with Gasteiger partial charge in [0.25, 0.3) is 0 Å². The summed E-state index contributed by atoms with van der Waals surface area (Å²) in [5.41, 5.74) is 0. The van der Waals surface area contributed by atoms with Crippen LogP contribution in [0, 0.1) is 0 Å².